The summed E-state index contributed by atoms with van der Waals surface area (Å²) in [6.07, 6.45) is 4.39. The van der Waals surface area contributed by atoms with E-state index < -0.39 is 5.63 Å². The van der Waals surface area contributed by atoms with E-state index in [-0.39, 0.29) is 0 Å². The van der Waals surface area contributed by atoms with Crippen LogP contribution < -0.4 is 5.63 Å². The lowest BCUT2D eigenvalue weighted by Crippen LogP contribution is -2.09. The molecule has 12 heavy (non-hydrogen) atoms. The Kier molecular flexibility index (Phi) is 1.48. The molecular formula is C7H5N3O2. The highest BCUT2D eigenvalue weighted by atomic mass is 16.4. The van der Waals surface area contributed by atoms with Crippen molar-refractivity contribution in [3.05, 3.63) is 41.2 Å². The van der Waals surface area contributed by atoms with Crippen LogP contribution in [0.15, 0.2) is 40.0 Å². The summed E-state index contributed by atoms with van der Waals surface area (Å²) in [5.74, 6) is 0. The smallest absolute Gasteiger partial charge is 0.361 e. The third kappa shape index (κ3) is 1.01. The predicted molar refractivity (Wildman–Crippen MR) is 39.9 cm³/mol. The zero-order chi connectivity index (χ0) is 8.39. The molecule has 5 heteroatoms. The summed E-state index contributed by atoms with van der Waals surface area (Å²) < 4.78 is 5.99. The summed E-state index contributed by atoms with van der Waals surface area (Å²) >= 11 is 0. The third-order valence-electron chi connectivity index (χ3n) is 1.39. The molecule has 0 aliphatic rings. The molecule has 5 nitrogen and oxygen atoms in total. The average molecular weight is 163 g/mol. The van der Waals surface area contributed by atoms with Crippen molar-refractivity contribution in [2.24, 2.45) is 0 Å². The van der Waals surface area contributed by atoms with Crippen LogP contribution in [0.25, 0.3) is 5.69 Å². The highest BCUT2D eigenvalue weighted by Crippen LogP contribution is 1.96. The van der Waals surface area contributed by atoms with E-state index in [1.54, 1.807) is 18.3 Å². The second-order valence-corrected chi connectivity index (χ2v) is 2.13. The fourth-order valence-corrected chi connectivity index (χ4v) is 0.867. The van der Waals surface area contributed by atoms with Gasteiger partial charge in [0.25, 0.3) is 0 Å². The van der Waals surface area contributed by atoms with Crippen LogP contribution in [0, 0.1) is 0 Å². The maximum absolute atomic E-state index is 11.1. The van der Waals surface area contributed by atoms with E-state index in [1.165, 1.54) is 17.1 Å². The normalized spacial score (nSPS) is 10.0. The standard InChI is InChI=1S/C7H5N3O2/c11-7-6(2-1-5-12-7)10-4-3-8-9-10/h1-5H. The van der Waals surface area contributed by atoms with Crippen molar-refractivity contribution in [2.45, 2.75) is 0 Å². The Balaban J connectivity index is 2.63. The zero-order valence-electron chi connectivity index (χ0n) is 6.04. The van der Waals surface area contributed by atoms with Gasteiger partial charge in [0.1, 0.15) is 0 Å². The van der Waals surface area contributed by atoms with Crippen molar-refractivity contribution in [1.82, 2.24) is 15.0 Å². The van der Waals surface area contributed by atoms with Gasteiger partial charge in [0.15, 0.2) is 5.69 Å². The SMILES string of the molecule is O=c1occcc1-n1ccnn1. The quantitative estimate of drug-likeness (QED) is 0.603. The molecule has 0 amide bonds. The first-order valence-corrected chi connectivity index (χ1v) is 3.32. The lowest BCUT2D eigenvalue weighted by atomic mass is 10.4. The fourth-order valence-electron chi connectivity index (χ4n) is 0.867. The van der Waals surface area contributed by atoms with Gasteiger partial charge in [0.05, 0.1) is 18.7 Å². The Bertz CT molecular complexity index is 418. The molecule has 0 N–H and O–H groups in total. The molecule has 0 aliphatic heterocycles. The van der Waals surface area contributed by atoms with Crippen molar-refractivity contribution in [3.63, 3.8) is 0 Å². The summed E-state index contributed by atoms with van der Waals surface area (Å²) in [6.45, 7) is 0. The maximum Gasteiger partial charge on any atom is 0.361 e. The van der Waals surface area contributed by atoms with Crippen LogP contribution in [0.3, 0.4) is 0 Å². The Hall–Kier alpha value is -1.91. The average Bonchev–Trinajstić information content (AvgIpc) is 2.57. The zero-order valence-corrected chi connectivity index (χ0v) is 6.04. The minimum absolute atomic E-state index is 0.356. The monoisotopic (exact) mass is 163 g/mol. The van der Waals surface area contributed by atoms with Crippen molar-refractivity contribution in [1.29, 1.82) is 0 Å². The second kappa shape index (κ2) is 2.61. The van der Waals surface area contributed by atoms with Gasteiger partial charge in [-0.2, -0.15) is 0 Å². The molecule has 60 valence electrons. The van der Waals surface area contributed by atoms with Gasteiger partial charge < -0.3 is 4.42 Å². The van der Waals surface area contributed by atoms with Gasteiger partial charge in [0, 0.05) is 0 Å². The number of aromatic nitrogens is 3. The van der Waals surface area contributed by atoms with Crippen LogP contribution in [0.5, 0.6) is 0 Å². The Morgan fingerprint density at radius 2 is 2.42 bits per heavy atom. The van der Waals surface area contributed by atoms with E-state index in [1.807, 2.05) is 0 Å². The Labute approximate surface area is 67.3 Å². The molecule has 0 atom stereocenters. The van der Waals surface area contributed by atoms with Gasteiger partial charge in [-0.25, -0.2) is 9.48 Å². The molecule has 2 aromatic rings. The van der Waals surface area contributed by atoms with E-state index in [4.69, 9.17) is 0 Å². The van der Waals surface area contributed by atoms with Gasteiger partial charge >= 0.3 is 5.63 Å². The molecule has 0 radical (unpaired) electrons. The molecule has 0 saturated carbocycles. The molecule has 0 aromatic carbocycles. The summed E-state index contributed by atoms with van der Waals surface area (Å²) in [6, 6.07) is 3.24. The molecule has 0 spiro atoms. The first kappa shape index (κ1) is 6.78. The molecule has 0 fully saturated rings. The summed E-state index contributed by atoms with van der Waals surface area (Å²) in [7, 11) is 0. The molecule has 0 bridgehead atoms. The number of nitrogens with zero attached hydrogens (tertiary/aromatic N) is 3. The number of hydrogen-bond acceptors (Lipinski definition) is 4. The molecule has 2 aromatic heterocycles. The van der Waals surface area contributed by atoms with Gasteiger partial charge in [-0.1, -0.05) is 5.21 Å². The second-order valence-electron chi connectivity index (χ2n) is 2.13. The summed E-state index contributed by atoms with van der Waals surface area (Å²) in [5.41, 5.74) is -0.0713. The van der Waals surface area contributed by atoms with Crippen molar-refractivity contribution < 1.29 is 4.42 Å². The van der Waals surface area contributed by atoms with E-state index in [0.717, 1.165) is 0 Å². The largest absolute Gasteiger partial charge is 0.430 e. The Morgan fingerprint density at radius 3 is 3.08 bits per heavy atom. The predicted octanol–water partition coefficient (Wildman–Crippen LogP) is 0.220. The van der Waals surface area contributed by atoms with Crippen LogP contribution in [0.1, 0.15) is 0 Å². The van der Waals surface area contributed by atoms with E-state index in [9.17, 15) is 4.79 Å². The van der Waals surface area contributed by atoms with Crippen LogP contribution in [-0.4, -0.2) is 15.0 Å². The van der Waals surface area contributed by atoms with Gasteiger partial charge in [0.2, 0.25) is 0 Å². The molecule has 0 saturated heterocycles. The molecule has 2 rings (SSSR count). The lowest BCUT2D eigenvalue weighted by molar-refractivity contribution is 0.503. The number of rotatable bonds is 1. The first-order valence-electron chi connectivity index (χ1n) is 3.32. The lowest BCUT2D eigenvalue weighted by Gasteiger charge is -1.94. The summed E-state index contributed by atoms with van der Waals surface area (Å²) in [4.78, 5) is 11.1. The molecule has 0 aliphatic carbocycles. The van der Waals surface area contributed by atoms with Crippen LogP contribution in [0.4, 0.5) is 0 Å². The topological polar surface area (TPSA) is 60.9 Å². The van der Waals surface area contributed by atoms with Crippen LogP contribution in [-0.2, 0) is 0 Å². The first-order chi connectivity index (χ1) is 5.88. The van der Waals surface area contributed by atoms with Crippen molar-refractivity contribution in [2.75, 3.05) is 0 Å². The molecule has 2 heterocycles. The van der Waals surface area contributed by atoms with Crippen molar-refractivity contribution in [3.8, 4) is 5.69 Å². The van der Waals surface area contributed by atoms with Crippen LogP contribution >= 0.6 is 0 Å². The minimum atomic E-state index is -0.428. The Morgan fingerprint density at radius 1 is 1.50 bits per heavy atom. The van der Waals surface area contributed by atoms with Gasteiger partial charge in [-0.15, -0.1) is 5.10 Å². The minimum Gasteiger partial charge on any atom is -0.430 e. The molecular weight excluding hydrogens is 158 g/mol. The van der Waals surface area contributed by atoms with E-state index in [2.05, 4.69) is 14.7 Å². The third-order valence-corrected chi connectivity index (χ3v) is 1.39. The van der Waals surface area contributed by atoms with E-state index in [0.29, 0.717) is 5.69 Å². The highest BCUT2D eigenvalue weighted by molar-refractivity contribution is 5.23. The highest BCUT2D eigenvalue weighted by Gasteiger charge is 2.01. The van der Waals surface area contributed by atoms with Crippen LogP contribution in [0.2, 0.25) is 0 Å². The van der Waals surface area contributed by atoms with Crippen molar-refractivity contribution >= 4 is 0 Å². The number of hydrogen-bond donors (Lipinski definition) is 0. The summed E-state index contributed by atoms with van der Waals surface area (Å²) in [5, 5.41) is 7.23. The molecule has 0 unspecified atom stereocenters. The van der Waals surface area contributed by atoms with Gasteiger partial charge in [-0.3, -0.25) is 0 Å². The maximum atomic E-state index is 11.1. The van der Waals surface area contributed by atoms with Gasteiger partial charge in [-0.05, 0) is 12.1 Å². The fraction of sp³-hybridized carbons (Fsp3) is 0. The van der Waals surface area contributed by atoms with E-state index >= 15 is 0 Å².